The summed E-state index contributed by atoms with van der Waals surface area (Å²) in [4.78, 5) is 10.6. The summed E-state index contributed by atoms with van der Waals surface area (Å²) in [6.45, 7) is 0.724. The minimum absolute atomic E-state index is 0.208. The topological polar surface area (TPSA) is 64.3 Å². The lowest BCUT2D eigenvalue weighted by molar-refractivity contribution is -0.133. The largest absolute Gasteiger partial charge is 0.379 e. The van der Waals surface area contributed by atoms with Crippen LogP contribution in [0.3, 0.4) is 0 Å². The van der Waals surface area contributed by atoms with Gasteiger partial charge in [0.15, 0.2) is 0 Å². The molecule has 76 valence electrons. The van der Waals surface area contributed by atoms with Crippen molar-refractivity contribution in [3.63, 3.8) is 0 Å². The summed E-state index contributed by atoms with van der Waals surface area (Å²) in [5, 5.41) is 2.13. The number of halogens is 2. The van der Waals surface area contributed by atoms with Crippen molar-refractivity contribution in [3.05, 3.63) is 0 Å². The second-order valence-electron chi connectivity index (χ2n) is 2.94. The molecule has 0 unspecified atom stereocenters. The fraction of sp³-hybridized carbons (Fsp3) is 0.857. The molecule has 0 spiro atoms. The molecule has 0 aromatic carbocycles. The SMILES string of the molecule is N[C@@H]1CCOC[C@H]1NC(=O)C(F)F. The van der Waals surface area contributed by atoms with Gasteiger partial charge in [0.2, 0.25) is 0 Å². The summed E-state index contributed by atoms with van der Waals surface area (Å²) < 4.78 is 28.6. The molecule has 0 radical (unpaired) electrons. The predicted octanol–water partition coefficient (Wildman–Crippen LogP) is -0.516. The average molecular weight is 194 g/mol. The predicted molar refractivity (Wildman–Crippen MR) is 41.3 cm³/mol. The smallest absolute Gasteiger partial charge is 0.315 e. The Bertz CT molecular complexity index is 189. The number of alkyl halides is 2. The van der Waals surface area contributed by atoms with Gasteiger partial charge in [-0.05, 0) is 6.42 Å². The van der Waals surface area contributed by atoms with Crippen LogP contribution in [0.1, 0.15) is 6.42 Å². The van der Waals surface area contributed by atoms with Gasteiger partial charge in [0.25, 0.3) is 5.91 Å². The Morgan fingerprint density at radius 3 is 2.85 bits per heavy atom. The third kappa shape index (κ3) is 2.89. The van der Waals surface area contributed by atoms with E-state index in [0.717, 1.165) is 0 Å². The molecule has 0 bridgehead atoms. The van der Waals surface area contributed by atoms with Crippen molar-refractivity contribution in [2.24, 2.45) is 5.73 Å². The number of nitrogens with one attached hydrogen (secondary N) is 1. The van der Waals surface area contributed by atoms with Crippen LogP contribution in [0.2, 0.25) is 0 Å². The second kappa shape index (κ2) is 4.48. The van der Waals surface area contributed by atoms with Gasteiger partial charge in [0.05, 0.1) is 12.6 Å². The lowest BCUT2D eigenvalue weighted by Crippen LogP contribution is -2.54. The molecule has 0 saturated carbocycles. The maximum Gasteiger partial charge on any atom is 0.315 e. The normalized spacial score (nSPS) is 28.9. The molecule has 1 rings (SSSR count). The van der Waals surface area contributed by atoms with Gasteiger partial charge in [-0.15, -0.1) is 0 Å². The highest BCUT2D eigenvalue weighted by molar-refractivity contribution is 5.79. The number of nitrogens with two attached hydrogens (primary N) is 1. The van der Waals surface area contributed by atoms with Gasteiger partial charge in [-0.1, -0.05) is 0 Å². The molecule has 1 aliphatic rings. The third-order valence-corrected chi connectivity index (χ3v) is 1.94. The lowest BCUT2D eigenvalue weighted by atomic mass is 10.1. The summed E-state index contributed by atoms with van der Waals surface area (Å²) in [6.07, 6.45) is -2.41. The average Bonchev–Trinajstić information content (AvgIpc) is 2.08. The number of ether oxygens (including phenoxy) is 1. The molecule has 3 N–H and O–H groups in total. The quantitative estimate of drug-likeness (QED) is 0.622. The van der Waals surface area contributed by atoms with Crippen molar-refractivity contribution in [2.45, 2.75) is 24.9 Å². The monoisotopic (exact) mass is 194 g/mol. The van der Waals surface area contributed by atoms with Crippen LogP contribution < -0.4 is 11.1 Å². The summed E-state index contributed by atoms with van der Waals surface area (Å²) >= 11 is 0. The van der Waals surface area contributed by atoms with Crippen molar-refractivity contribution in [3.8, 4) is 0 Å². The Balaban J connectivity index is 2.38. The molecule has 1 aliphatic heterocycles. The minimum atomic E-state index is -2.99. The minimum Gasteiger partial charge on any atom is -0.379 e. The van der Waals surface area contributed by atoms with E-state index in [2.05, 4.69) is 5.32 Å². The first kappa shape index (κ1) is 10.3. The van der Waals surface area contributed by atoms with Crippen LogP contribution in [-0.2, 0) is 9.53 Å². The van der Waals surface area contributed by atoms with E-state index in [-0.39, 0.29) is 12.6 Å². The Morgan fingerprint density at radius 2 is 2.31 bits per heavy atom. The molecular formula is C7H12F2N2O2. The second-order valence-corrected chi connectivity index (χ2v) is 2.94. The zero-order chi connectivity index (χ0) is 9.84. The summed E-state index contributed by atoms with van der Waals surface area (Å²) in [7, 11) is 0. The van der Waals surface area contributed by atoms with E-state index in [9.17, 15) is 13.6 Å². The Kier molecular flexibility index (Phi) is 3.56. The third-order valence-electron chi connectivity index (χ3n) is 1.94. The fourth-order valence-corrected chi connectivity index (χ4v) is 1.15. The molecule has 0 aromatic rings. The van der Waals surface area contributed by atoms with Crippen LogP contribution in [0.25, 0.3) is 0 Å². The van der Waals surface area contributed by atoms with Crippen LogP contribution in [0, 0.1) is 0 Å². The van der Waals surface area contributed by atoms with E-state index >= 15 is 0 Å². The summed E-state index contributed by atoms with van der Waals surface area (Å²) in [5.74, 6) is -1.29. The fourth-order valence-electron chi connectivity index (χ4n) is 1.15. The molecule has 6 heteroatoms. The summed E-state index contributed by atoms with van der Waals surface area (Å²) in [6, 6.07) is -0.785. The van der Waals surface area contributed by atoms with Crippen LogP contribution in [0.4, 0.5) is 8.78 Å². The zero-order valence-corrected chi connectivity index (χ0v) is 7.00. The molecule has 13 heavy (non-hydrogen) atoms. The van der Waals surface area contributed by atoms with Crippen LogP contribution >= 0.6 is 0 Å². The van der Waals surface area contributed by atoms with Gasteiger partial charge in [-0.2, -0.15) is 8.78 Å². The van der Waals surface area contributed by atoms with E-state index in [1.54, 1.807) is 0 Å². The molecule has 2 atom stereocenters. The number of rotatable bonds is 2. The summed E-state index contributed by atoms with van der Waals surface area (Å²) in [5.41, 5.74) is 5.59. The van der Waals surface area contributed by atoms with Crippen molar-refractivity contribution >= 4 is 5.91 Å². The van der Waals surface area contributed by atoms with E-state index in [1.807, 2.05) is 0 Å². The first-order valence-corrected chi connectivity index (χ1v) is 4.03. The molecule has 1 amide bonds. The first-order valence-electron chi connectivity index (χ1n) is 4.03. The maximum atomic E-state index is 11.8. The van der Waals surface area contributed by atoms with Gasteiger partial charge in [0.1, 0.15) is 0 Å². The van der Waals surface area contributed by atoms with Crippen LogP contribution in [0.15, 0.2) is 0 Å². The van der Waals surface area contributed by atoms with Gasteiger partial charge in [0, 0.05) is 12.6 Å². The Labute approximate surface area is 74.4 Å². The van der Waals surface area contributed by atoms with Gasteiger partial charge in [-0.3, -0.25) is 4.79 Å². The molecule has 1 fully saturated rings. The number of hydrogen-bond donors (Lipinski definition) is 2. The van der Waals surface area contributed by atoms with Crippen molar-refractivity contribution < 1.29 is 18.3 Å². The highest BCUT2D eigenvalue weighted by Crippen LogP contribution is 2.06. The highest BCUT2D eigenvalue weighted by atomic mass is 19.3. The number of amides is 1. The number of hydrogen-bond acceptors (Lipinski definition) is 3. The molecule has 1 heterocycles. The van der Waals surface area contributed by atoms with Crippen molar-refractivity contribution in [1.29, 1.82) is 0 Å². The molecular weight excluding hydrogens is 182 g/mol. The standard InChI is InChI=1S/C7H12F2N2O2/c8-6(9)7(12)11-5-3-13-2-1-4(5)10/h4-6H,1-3,10H2,(H,11,12)/t4-,5-/m1/s1. The molecule has 4 nitrogen and oxygen atoms in total. The van der Waals surface area contributed by atoms with Crippen LogP contribution in [-0.4, -0.2) is 37.6 Å². The Morgan fingerprint density at radius 1 is 1.62 bits per heavy atom. The van der Waals surface area contributed by atoms with Crippen LogP contribution in [0.5, 0.6) is 0 Å². The Hall–Kier alpha value is -0.750. The van der Waals surface area contributed by atoms with E-state index < -0.39 is 18.4 Å². The number of carbonyl (C=O) groups excluding carboxylic acids is 1. The van der Waals surface area contributed by atoms with Gasteiger partial charge in [-0.25, -0.2) is 0 Å². The number of carbonyl (C=O) groups is 1. The van der Waals surface area contributed by atoms with E-state index in [4.69, 9.17) is 10.5 Å². The molecule has 0 aliphatic carbocycles. The maximum absolute atomic E-state index is 11.8. The first-order chi connectivity index (χ1) is 6.11. The van der Waals surface area contributed by atoms with Gasteiger partial charge >= 0.3 is 6.43 Å². The lowest BCUT2D eigenvalue weighted by Gasteiger charge is -2.29. The van der Waals surface area contributed by atoms with Gasteiger partial charge < -0.3 is 15.8 Å². The van der Waals surface area contributed by atoms with Crippen molar-refractivity contribution in [1.82, 2.24) is 5.32 Å². The van der Waals surface area contributed by atoms with E-state index in [0.29, 0.717) is 13.0 Å². The highest BCUT2D eigenvalue weighted by Gasteiger charge is 2.26. The zero-order valence-electron chi connectivity index (χ0n) is 7.00. The van der Waals surface area contributed by atoms with E-state index in [1.165, 1.54) is 0 Å². The molecule has 1 saturated heterocycles. The van der Waals surface area contributed by atoms with Crippen molar-refractivity contribution in [2.75, 3.05) is 13.2 Å². The molecule has 0 aromatic heterocycles.